The Kier molecular flexibility index (Phi) is 6.29. The van der Waals surface area contributed by atoms with Crippen LogP contribution in [-0.2, 0) is 16.0 Å². The first-order chi connectivity index (χ1) is 15.9. The van der Waals surface area contributed by atoms with Gasteiger partial charge in [0.25, 0.3) is 5.91 Å². The number of carbonyl (C=O) groups excluding carboxylic acids is 2. The zero-order valence-electron chi connectivity index (χ0n) is 18.9. The minimum atomic E-state index is -0.750. The number of ether oxygens (including phenoxy) is 2. The van der Waals surface area contributed by atoms with Gasteiger partial charge in [0.1, 0.15) is 11.9 Å². The van der Waals surface area contributed by atoms with Gasteiger partial charge in [-0.2, -0.15) is 5.10 Å². The van der Waals surface area contributed by atoms with Gasteiger partial charge < -0.3 is 20.1 Å². The molecule has 1 aliphatic heterocycles. The molecule has 9 heteroatoms. The molecule has 1 atom stereocenters. The second-order valence-corrected chi connectivity index (χ2v) is 8.17. The van der Waals surface area contributed by atoms with Gasteiger partial charge >= 0.3 is 0 Å². The molecule has 0 saturated carbocycles. The monoisotopic (exact) mass is 468 g/mol. The van der Waals surface area contributed by atoms with E-state index in [1.165, 1.54) is 0 Å². The van der Waals surface area contributed by atoms with Gasteiger partial charge in [0.15, 0.2) is 11.5 Å². The lowest BCUT2D eigenvalue weighted by atomic mass is 10.0. The molecule has 2 heterocycles. The number of carbonyl (C=O) groups is 2. The smallest absolute Gasteiger partial charge is 0.251 e. The molecule has 1 aliphatic rings. The summed E-state index contributed by atoms with van der Waals surface area (Å²) in [5, 5.41) is 10.9. The third-order valence-corrected chi connectivity index (χ3v) is 6.07. The quantitative estimate of drug-likeness (QED) is 0.528. The van der Waals surface area contributed by atoms with Crippen molar-refractivity contribution in [2.75, 3.05) is 24.9 Å². The van der Waals surface area contributed by atoms with Crippen LogP contribution in [0.1, 0.15) is 30.6 Å². The number of nitrogens with one attached hydrogen (secondary N) is 2. The van der Waals surface area contributed by atoms with Gasteiger partial charge in [-0.25, -0.2) is 4.68 Å². The summed E-state index contributed by atoms with van der Waals surface area (Å²) >= 11 is 6.15. The summed E-state index contributed by atoms with van der Waals surface area (Å²) in [6.07, 6.45) is 0.598. The zero-order valence-corrected chi connectivity index (χ0v) is 19.6. The van der Waals surface area contributed by atoms with Crippen LogP contribution in [0.4, 0.5) is 11.5 Å². The van der Waals surface area contributed by atoms with E-state index in [-0.39, 0.29) is 18.2 Å². The Balaban J connectivity index is 1.63. The van der Waals surface area contributed by atoms with Crippen molar-refractivity contribution in [3.63, 3.8) is 0 Å². The topological polar surface area (TPSA) is 94.5 Å². The van der Waals surface area contributed by atoms with E-state index in [0.717, 1.165) is 22.4 Å². The highest BCUT2D eigenvalue weighted by molar-refractivity contribution is 6.31. The molecule has 0 radical (unpaired) electrons. The molecule has 172 valence electrons. The lowest BCUT2D eigenvalue weighted by Crippen LogP contribution is -2.24. The summed E-state index contributed by atoms with van der Waals surface area (Å²) in [6, 6.07) is 10.1. The molecule has 0 aliphatic carbocycles. The Morgan fingerprint density at radius 1 is 1.18 bits per heavy atom. The van der Waals surface area contributed by atoms with Gasteiger partial charge in [0, 0.05) is 16.3 Å². The first-order valence-corrected chi connectivity index (χ1v) is 10.9. The van der Waals surface area contributed by atoms with Crippen LogP contribution >= 0.6 is 11.6 Å². The van der Waals surface area contributed by atoms with Gasteiger partial charge in [-0.1, -0.05) is 30.7 Å². The molecular weight excluding hydrogens is 444 g/mol. The average molecular weight is 469 g/mol. The van der Waals surface area contributed by atoms with E-state index in [1.807, 2.05) is 38.1 Å². The Hall–Kier alpha value is -3.52. The zero-order chi connectivity index (χ0) is 23.7. The van der Waals surface area contributed by atoms with Crippen molar-refractivity contribution >= 4 is 34.9 Å². The van der Waals surface area contributed by atoms with Crippen molar-refractivity contribution in [1.82, 2.24) is 9.78 Å². The molecular formula is C24H25ClN4O4. The fourth-order valence-electron chi connectivity index (χ4n) is 3.92. The predicted octanol–water partition coefficient (Wildman–Crippen LogP) is 4.61. The lowest BCUT2D eigenvalue weighted by Gasteiger charge is -2.11. The van der Waals surface area contributed by atoms with Crippen LogP contribution in [0.2, 0.25) is 5.02 Å². The number of rotatable bonds is 7. The van der Waals surface area contributed by atoms with Gasteiger partial charge in [0.2, 0.25) is 5.91 Å². The minimum Gasteiger partial charge on any atom is -0.493 e. The van der Waals surface area contributed by atoms with Gasteiger partial charge in [-0.05, 0) is 48.7 Å². The number of nitrogens with zero attached hydrogens (tertiary/aromatic N) is 2. The van der Waals surface area contributed by atoms with Gasteiger partial charge in [-0.15, -0.1) is 0 Å². The Morgan fingerprint density at radius 2 is 1.94 bits per heavy atom. The second-order valence-electron chi connectivity index (χ2n) is 7.76. The largest absolute Gasteiger partial charge is 0.493 e. The SMILES string of the molecule is CCc1nn2c(c1-c1ccc(OC)c(OC)c1)NC(=O)C2CC(=O)Nc1ccc(C)c(Cl)c1. The summed E-state index contributed by atoms with van der Waals surface area (Å²) < 4.78 is 12.4. The van der Waals surface area contributed by atoms with Crippen LogP contribution in [0.15, 0.2) is 36.4 Å². The number of amides is 2. The number of fused-ring (bicyclic) bond motifs is 1. The maximum atomic E-state index is 12.8. The number of benzene rings is 2. The molecule has 1 unspecified atom stereocenters. The Labute approximate surface area is 196 Å². The van der Waals surface area contributed by atoms with Crippen LogP contribution in [0, 0.1) is 6.92 Å². The van der Waals surface area contributed by atoms with Crippen molar-refractivity contribution in [1.29, 1.82) is 0 Å². The highest BCUT2D eigenvalue weighted by atomic mass is 35.5. The maximum Gasteiger partial charge on any atom is 0.251 e. The highest BCUT2D eigenvalue weighted by Crippen LogP contribution is 2.41. The summed E-state index contributed by atoms with van der Waals surface area (Å²) in [5.41, 5.74) is 3.95. The van der Waals surface area contributed by atoms with Crippen LogP contribution in [0.5, 0.6) is 11.5 Å². The molecule has 0 fully saturated rings. The number of aromatic nitrogens is 2. The van der Waals surface area contributed by atoms with Crippen molar-refractivity contribution in [3.8, 4) is 22.6 Å². The molecule has 2 amide bonds. The molecule has 0 saturated heterocycles. The minimum absolute atomic E-state index is 0.0550. The molecule has 0 bridgehead atoms. The lowest BCUT2D eigenvalue weighted by molar-refractivity contribution is -0.123. The van der Waals surface area contributed by atoms with Crippen LogP contribution < -0.4 is 20.1 Å². The van der Waals surface area contributed by atoms with Crippen LogP contribution in [-0.4, -0.2) is 35.8 Å². The number of hydrogen-bond acceptors (Lipinski definition) is 5. The third kappa shape index (κ3) is 4.26. The molecule has 8 nitrogen and oxygen atoms in total. The average Bonchev–Trinajstić information content (AvgIpc) is 3.30. The summed E-state index contributed by atoms with van der Waals surface area (Å²) in [7, 11) is 3.15. The van der Waals surface area contributed by atoms with E-state index < -0.39 is 6.04 Å². The fourth-order valence-corrected chi connectivity index (χ4v) is 4.10. The number of methoxy groups -OCH3 is 2. The van der Waals surface area contributed by atoms with Crippen molar-refractivity contribution in [2.24, 2.45) is 0 Å². The van der Waals surface area contributed by atoms with E-state index in [2.05, 4.69) is 15.7 Å². The van der Waals surface area contributed by atoms with E-state index in [9.17, 15) is 9.59 Å². The molecule has 2 aromatic carbocycles. The summed E-state index contributed by atoms with van der Waals surface area (Å²) in [4.78, 5) is 25.5. The van der Waals surface area contributed by atoms with Crippen molar-refractivity contribution < 1.29 is 19.1 Å². The number of hydrogen-bond donors (Lipinski definition) is 2. The number of halogens is 1. The number of aryl methyl sites for hydroxylation is 2. The Morgan fingerprint density at radius 3 is 2.61 bits per heavy atom. The fraction of sp³-hybridized carbons (Fsp3) is 0.292. The normalized spacial score (nSPS) is 14.6. The van der Waals surface area contributed by atoms with E-state index in [1.54, 1.807) is 31.0 Å². The number of anilines is 2. The van der Waals surface area contributed by atoms with Crippen molar-refractivity contribution in [2.45, 2.75) is 32.7 Å². The highest BCUT2D eigenvalue weighted by Gasteiger charge is 2.37. The van der Waals surface area contributed by atoms with Crippen molar-refractivity contribution in [3.05, 3.63) is 52.7 Å². The maximum absolute atomic E-state index is 12.8. The third-order valence-electron chi connectivity index (χ3n) is 5.66. The van der Waals surface area contributed by atoms with Crippen LogP contribution in [0.25, 0.3) is 11.1 Å². The van der Waals surface area contributed by atoms with Gasteiger partial charge in [0.05, 0.1) is 26.3 Å². The molecule has 1 aromatic heterocycles. The molecule has 4 rings (SSSR count). The van der Waals surface area contributed by atoms with E-state index >= 15 is 0 Å². The Bertz CT molecular complexity index is 1240. The molecule has 33 heavy (non-hydrogen) atoms. The van der Waals surface area contributed by atoms with E-state index in [4.69, 9.17) is 21.1 Å². The predicted molar refractivity (Wildman–Crippen MR) is 127 cm³/mol. The first kappa shape index (κ1) is 22.7. The molecule has 3 aromatic rings. The summed E-state index contributed by atoms with van der Waals surface area (Å²) in [5.74, 6) is 1.18. The molecule has 2 N–H and O–H groups in total. The first-order valence-electron chi connectivity index (χ1n) is 10.6. The standard InChI is InChI=1S/C24H25ClN4O4/c1-5-17-22(14-7-9-19(32-3)20(10-14)33-4)23-27-24(31)18(29(23)28-17)12-21(30)26-15-8-6-13(2)16(25)11-15/h6-11,18H,5,12H2,1-4H3,(H,26,30)(H,27,31). The second kappa shape index (κ2) is 9.15. The molecule has 0 spiro atoms. The summed E-state index contributed by atoms with van der Waals surface area (Å²) in [6.45, 7) is 3.88. The van der Waals surface area contributed by atoms with Gasteiger partial charge in [-0.3, -0.25) is 9.59 Å². The van der Waals surface area contributed by atoms with Crippen LogP contribution in [0.3, 0.4) is 0 Å². The van der Waals surface area contributed by atoms with E-state index in [0.29, 0.717) is 34.4 Å².